The van der Waals surface area contributed by atoms with E-state index < -0.39 is 26.1 Å². The van der Waals surface area contributed by atoms with Crippen LogP contribution in [0.15, 0.2) is 0 Å². The van der Waals surface area contributed by atoms with Crippen molar-refractivity contribution >= 4 is 19.6 Å². The van der Waals surface area contributed by atoms with E-state index in [-0.39, 0.29) is 19.3 Å². The van der Waals surface area contributed by atoms with Gasteiger partial charge in [-0.25, -0.2) is 4.79 Å². The maximum absolute atomic E-state index is 11.1. The Morgan fingerprint density at radius 2 is 2.00 bits per heavy atom. The van der Waals surface area contributed by atoms with Crippen molar-refractivity contribution in [3.05, 3.63) is 0 Å². The van der Waals surface area contributed by atoms with Crippen LogP contribution in [-0.4, -0.2) is 47.9 Å². The summed E-state index contributed by atoms with van der Waals surface area (Å²) >= 11 is 0. The van der Waals surface area contributed by atoms with Gasteiger partial charge in [0, 0.05) is 6.54 Å². The molecule has 0 fully saturated rings. The van der Waals surface area contributed by atoms with Gasteiger partial charge in [0.15, 0.2) is 0 Å². The van der Waals surface area contributed by atoms with E-state index in [1.165, 1.54) is 0 Å². The van der Waals surface area contributed by atoms with E-state index >= 15 is 0 Å². The zero-order valence-electron chi connectivity index (χ0n) is 8.80. The number of amides is 2. The molecule has 0 aliphatic heterocycles. The fourth-order valence-corrected chi connectivity index (χ4v) is 1.72. The minimum Gasteiger partial charge on any atom is -0.480 e. The maximum Gasteiger partial charge on any atom is 0.329 e. The second-order valence-electron chi connectivity index (χ2n) is 2.78. The van der Waals surface area contributed by atoms with Gasteiger partial charge in [-0.2, -0.15) is 0 Å². The molecule has 0 saturated heterocycles. The Kier molecular flexibility index (Phi) is 6.71. The minimum atomic E-state index is -3.65. The highest BCUT2D eigenvalue weighted by atomic mass is 31.2. The first-order valence-electron chi connectivity index (χ1n) is 4.57. The van der Waals surface area contributed by atoms with Crippen LogP contribution in [-0.2, 0) is 13.9 Å². The quantitative estimate of drug-likeness (QED) is 0.458. The molecule has 0 radical (unpaired) electrons. The Labute approximate surface area is 92.5 Å². The van der Waals surface area contributed by atoms with Crippen LogP contribution in [0.5, 0.6) is 0 Å². The lowest BCUT2D eigenvalue weighted by atomic mass is 10.6. The topological polar surface area (TPSA) is 125 Å². The maximum atomic E-state index is 11.1. The van der Waals surface area contributed by atoms with E-state index in [4.69, 9.17) is 10.00 Å². The molecule has 2 amide bonds. The summed E-state index contributed by atoms with van der Waals surface area (Å²) in [5, 5.41) is 12.5. The zero-order valence-corrected chi connectivity index (χ0v) is 9.70. The molecule has 0 aromatic rings. The summed E-state index contributed by atoms with van der Waals surface area (Å²) in [5.74, 6) is -1.17. The van der Waals surface area contributed by atoms with E-state index in [1.54, 1.807) is 6.92 Å². The molecule has 1 atom stereocenters. The second kappa shape index (κ2) is 7.21. The fraction of sp³-hybridized carbons (Fsp3) is 0.714. The van der Waals surface area contributed by atoms with Crippen molar-refractivity contribution in [3.63, 3.8) is 0 Å². The van der Waals surface area contributed by atoms with Crippen LogP contribution in [0.3, 0.4) is 0 Å². The summed E-state index contributed by atoms with van der Waals surface area (Å²) in [7, 11) is -3.65. The average Bonchev–Trinajstić information content (AvgIpc) is 2.14. The van der Waals surface area contributed by atoms with Gasteiger partial charge in [-0.05, 0) is 6.92 Å². The smallest absolute Gasteiger partial charge is 0.329 e. The number of carbonyl (C=O) groups is 2. The highest BCUT2D eigenvalue weighted by molar-refractivity contribution is 7.52. The van der Waals surface area contributed by atoms with Gasteiger partial charge in [0.25, 0.3) is 0 Å². The molecule has 16 heavy (non-hydrogen) atoms. The Bertz CT molecular complexity index is 295. The lowest BCUT2D eigenvalue weighted by Crippen LogP contribution is -2.39. The van der Waals surface area contributed by atoms with Crippen molar-refractivity contribution in [1.82, 2.24) is 10.6 Å². The predicted octanol–water partition coefficient (Wildman–Crippen LogP) is -0.408. The molecule has 0 saturated carbocycles. The highest BCUT2D eigenvalue weighted by Crippen LogP contribution is 2.40. The first kappa shape index (κ1) is 14.9. The molecule has 0 aliphatic carbocycles. The number of hydrogen-bond acceptors (Lipinski definition) is 4. The van der Waals surface area contributed by atoms with Crippen LogP contribution in [0, 0.1) is 0 Å². The molecule has 94 valence electrons. The number of aliphatic carboxylic acids is 1. The number of carboxylic acid groups (broad SMARTS) is 1. The van der Waals surface area contributed by atoms with Gasteiger partial charge < -0.3 is 25.2 Å². The van der Waals surface area contributed by atoms with Crippen LogP contribution in [0.2, 0.25) is 0 Å². The molecule has 0 rings (SSSR count). The first-order valence-corrected chi connectivity index (χ1v) is 6.33. The third kappa shape index (κ3) is 8.22. The third-order valence-electron chi connectivity index (χ3n) is 1.41. The molecule has 0 bridgehead atoms. The Morgan fingerprint density at radius 3 is 2.50 bits per heavy atom. The van der Waals surface area contributed by atoms with Crippen molar-refractivity contribution in [2.45, 2.75) is 6.92 Å². The van der Waals surface area contributed by atoms with E-state index in [9.17, 15) is 14.2 Å². The minimum absolute atomic E-state index is 0.0702. The lowest BCUT2D eigenvalue weighted by molar-refractivity contribution is -0.135. The van der Waals surface area contributed by atoms with Crippen LogP contribution in [0.4, 0.5) is 4.79 Å². The van der Waals surface area contributed by atoms with E-state index in [2.05, 4.69) is 9.84 Å². The number of nitrogens with one attached hydrogen (secondary N) is 2. The van der Waals surface area contributed by atoms with Gasteiger partial charge in [-0.3, -0.25) is 9.36 Å². The van der Waals surface area contributed by atoms with Crippen molar-refractivity contribution < 1.29 is 28.7 Å². The summed E-state index contributed by atoms with van der Waals surface area (Å²) in [6, 6.07) is -0.709. The van der Waals surface area contributed by atoms with Crippen LogP contribution >= 0.6 is 7.60 Å². The Balaban J connectivity index is 3.69. The summed E-state index contributed by atoms with van der Waals surface area (Å²) < 4.78 is 15.7. The SMILES string of the molecule is CCOP(=O)(O)CCNC(=O)NCC(=O)O. The van der Waals surface area contributed by atoms with Crippen molar-refractivity contribution in [3.8, 4) is 0 Å². The number of carbonyl (C=O) groups excluding carboxylic acids is 1. The lowest BCUT2D eigenvalue weighted by Gasteiger charge is -2.11. The number of hydrogen-bond donors (Lipinski definition) is 4. The van der Waals surface area contributed by atoms with Gasteiger partial charge in [0.05, 0.1) is 12.8 Å². The molecular formula is C7H15N2O6P. The molecule has 0 aromatic heterocycles. The van der Waals surface area contributed by atoms with Crippen LogP contribution in [0.25, 0.3) is 0 Å². The van der Waals surface area contributed by atoms with Crippen molar-refractivity contribution in [2.24, 2.45) is 0 Å². The van der Waals surface area contributed by atoms with E-state index in [0.717, 1.165) is 0 Å². The second-order valence-corrected chi connectivity index (χ2v) is 4.76. The molecule has 0 heterocycles. The summed E-state index contributed by atoms with van der Waals surface area (Å²) in [4.78, 5) is 30.1. The third-order valence-corrected chi connectivity index (χ3v) is 2.86. The summed E-state index contributed by atoms with van der Waals surface area (Å²) in [6.45, 7) is 1.11. The zero-order chi connectivity index (χ0) is 12.6. The monoisotopic (exact) mass is 254 g/mol. The first-order chi connectivity index (χ1) is 7.37. The fourth-order valence-electron chi connectivity index (χ4n) is 0.795. The Morgan fingerprint density at radius 1 is 1.38 bits per heavy atom. The largest absolute Gasteiger partial charge is 0.480 e. The highest BCUT2D eigenvalue weighted by Gasteiger charge is 2.17. The molecule has 1 unspecified atom stereocenters. The van der Waals surface area contributed by atoms with E-state index in [0.29, 0.717) is 0 Å². The summed E-state index contributed by atoms with van der Waals surface area (Å²) in [6.07, 6.45) is -0.221. The molecule has 0 aliphatic rings. The molecule has 9 heteroatoms. The molecule has 4 N–H and O–H groups in total. The average molecular weight is 254 g/mol. The number of rotatable bonds is 7. The van der Waals surface area contributed by atoms with E-state index in [1.807, 2.05) is 5.32 Å². The number of urea groups is 1. The standard InChI is InChI=1S/C7H15N2O6P/c1-2-15-16(13,14)4-3-8-7(12)9-5-6(10)11/h2-5H2,1H3,(H,10,11)(H,13,14)(H2,8,9,12). The number of carboxylic acids is 1. The van der Waals surface area contributed by atoms with Crippen LogP contribution in [0.1, 0.15) is 6.92 Å². The van der Waals surface area contributed by atoms with Gasteiger partial charge in [-0.15, -0.1) is 0 Å². The van der Waals surface area contributed by atoms with Gasteiger partial charge in [-0.1, -0.05) is 0 Å². The normalized spacial score (nSPS) is 13.9. The Hall–Kier alpha value is -1.11. The van der Waals surface area contributed by atoms with Crippen molar-refractivity contribution in [2.75, 3.05) is 25.9 Å². The van der Waals surface area contributed by atoms with Gasteiger partial charge in [0.1, 0.15) is 6.54 Å². The van der Waals surface area contributed by atoms with Gasteiger partial charge in [0.2, 0.25) is 0 Å². The molecule has 0 aromatic carbocycles. The molecular weight excluding hydrogens is 239 g/mol. The molecule has 0 spiro atoms. The molecule has 8 nitrogen and oxygen atoms in total. The van der Waals surface area contributed by atoms with Crippen LogP contribution < -0.4 is 10.6 Å². The summed E-state index contributed by atoms with van der Waals surface area (Å²) in [5.41, 5.74) is 0. The van der Waals surface area contributed by atoms with Crippen molar-refractivity contribution in [1.29, 1.82) is 0 Å². The van der Waals surface area contributed by atoms with Gasteiger partial charge >= 0.3 is 19.6 Å². The predicted molar refractivity (Wildman–Crippen MR) is 55.4 cm³/mol.